The Labute approximate surface area is 63.4 Å². The third kappa shape index (κ3) is 6.23. The molecule has 0 aliphatic heterocycles. The van der Waals surface area contributed by atoms with Gasteiger partial charge in [0.15, 0.2) is 0 Å². The van der Waals surface area contributed by atoms with E-state index in [2.05, 4.69) is 34.6 Å². The molecular weight excluding hydrogens is 128 g/mol. The molecule has 0 amide bonds. The maximum Gasteiger partial charge on any atom is 0.00778 e. The Morgan fingerprint density at radius 1 is 1.44 bits per heavy atom. The quantitative estimate of drug-likeness (QED) is 0.575. The zero-order valence-corrected chi connectivity index (χ0v) is 7.72. The van der Waals surface area contributed by atoms with Crippen molar-refractivity contribution >= 4 is 11.8 Å². The van der Waals surface area contributed by atoms with Gasteiger partial charge in [0.25, 0.3) is 0 Å². The van der Waals surface area contributed by atoms with Crippen LogP contribution in [0, 0.1) is 6.92 Å². The topological polar surface area (TPSA) is 0 Å². The molecule has 0 aliphatic rings. The van der Waals surface area contributed by atoms with Crippen LogP contribution < -0.4 is 0 Å². The normalized spacial score (nSPS) is 15.7. The number of thioether (sulfide) groups is 1. The van der Waals surface area contributed by atoms with Crippen molar-refractivity contribution in [1.29, 1.82) is 0 Å². The van der Waals surface area contributed by atoms with E-state index in [0.717, 1.165) is 0 Å². The van der Waals surface area contributed by atoms with Gasteiger partial charge in [-0.15, -0.1) is 0 Å². The van der Waals surface area contributed by atoms with Gasteiger partial charge in [-0.3, -0.25) is 0 Å². The predicted octanol–water partition coefficient (Wildman–Crippen LogP) is 3.13. The van der Waals surface area contributed by atoms with Crippen LogP contribution in [0.5, 0.6) is 0 Å². The first-order chi connectivity index (χ1) is 3.95. The highest BCUT2D eigenvalue weighted by molar-refractivity contribution is 8.01. The van der Waals surface area contributed by atoms with E-state index < -0.39 is 0 Å². The second kappa shape index (κ2) is 3.50. The number of rotatable bonds is 2. The molecule has 1 atom stereocenters. The van der Waals surface area contributed by atoms with Crippen molar-refractivity contribution in [3.8, 4) is 0 Å². The zero-order valence-electron chi connectivity index (χ0n) is 6.90. The molecule has 0 saturated carbocycles. The lowest BCUT2D eigenvalue weighted by Crippen LogP contribution is -2.12. The average Bonchev–Trinajstić information content (AvgIpc) is 1.62. The molecule has 0 aromatic heterocycles. The second-order valence-electron chi connectivity index (χ2n) is 3.26. The molecule has 55 valence electrons. The molecule has 9 heavy (non-hydrogen) atoms. The highest BCUT2D eigenvalue weighted by atomic mass is 32.2. The summed E-state index contributed by atoms with van der Waals surface area (Å²) >= 11 is 1.95. The maximum absolute atomic E-state index is 4.00. The first-order valence-electron chi connectivity index (χ1n) is 3.46. The zero-order chi connectivity index (χ0) is 7.49. The van der Waals surface area contributed by atoms with E-state index in [0.29, 0.717) is 10.00 Å². The molecule has 0 aromatic carbocycles. The molecule has 1 radical (unpaired) electrons. The van der Waals surface area contributed by atoms with E-state index in [9.17, 15) is 0 Å². The lowest BCUT2D eigenvalue weighted by molar-refractivity contribution is 0.791. The van der Waals surface area contributed by atoms with Crippen molar-refractivity contribution in [2.24, 2.45) is 0 Å². The summed E-state index contributed by atoms with van der Waals surface area (Å²) in [6, 6.07) is 0. The summed E-state index contributed by atoms with van der Waals surface area (Å²) in [5, 5.41) is 0.560. The minimum absolute atomic E-state index is 0.377. The number of hydrogen-bond acceptors (Lipinski definition) is 1. The molecule has 0 saturated heterocycles. The van der Waals surface area contributed by atoms with Crippen molar-refractivity contribution in [1.82, 2.24) is 0 Å². The Balaban J connectivity index is 3.47. The van der Waals surface area contributed by atoms with Gasteiger partial charge in [-0.05, 0) is 13.3 Å². The van der Waals surface area contributed by atoms with Gasteiger partial charge in [0.1, 0.15) is 0 Å². The summed E-state index contributed by atoms with van der Waals surface area (Å²) in [6.07, 6.45) is 1.17. The van der Waals surface area contributed by atoms with Crippen LogP contribution in [0.3, 0.4) is 0 Å². The minimum atomic E-state index is 0.377. The summed E-state index contributed by atoms with van der Waals surface area (Å²) in [6.45, 7) is 12.9. The summed E-state index contributed by atoms with van der Waals surface area (Å²) in [4.78, 5) is 0. The third-order valence-corrected chi connectivity index (χ3v) is 2.35. The maximum atomic E-state index is 4.00. The van der Waals surface area contributed by atoms with Crippen LogP contribution in [-0.2, 0) is 0 Å². The molecule has 0 fully saturated rings. The Bertz CT molecular complexity index is 71.1. The predicted molar refractivity (Wildman–Crippen MR) is 46.8 cm³/mol. The van der Waals surface area contributed by atoms with E-state index in [1.165, 1.54) is 6.42 Å². The van der Waals surface area contributed by atoms with Gasteiger partial charge in [-0.25, -0.2) is 0 Å². The van der Waals surface area contributed by atoms with Gasteiger partial charge in [0.2, 0.25) is 0 Å². The summed E-state index contributed by atoms with van der Waals surface area (Å²) in [7, 11) is 0. The Kier molecular flexibility index (Phi) is 3.64. The van der Waals surface area contributed by atoms with Crippen LogP contribution in [0.4, 0.5) is 0 Å². The van der Waals surface area contributed by atoms with E-state index in [-0.39, 0.29) is 0 Å². The molecular formula is C8H17S. The fraction of sp³-hybridized carbons (Fsp3) is 0.875. The highest BCUT2D eigenvalue weighted by Gasteiger charge is 2.13. The van der Waals surface area contributed by atoms with Crippen LogP contribution in [0.25, 0.3) is 0 Å². The minimum Gasteiger partial charge on any atom is -0.153 e. The van der Waals surface area contributed by atoms with Crippen molar-refractivity contribution in [3.05, 3.63) is 6.92 Å². The summed E-state index contributed by atoms with van der Waals surface area (Å²) < 4.78 is 0.377. The van der Waals surface area contributed by atoms with Gasteiger partial charge in [-0.1, -0.05) is 27.7 Å². The number of hydrogen-bond donors (Lipinski definition) is 0. The lowest BCUT2D eigenvalue weighted by Gasteiger charge is -2.21. The molecule has 0 aromatic rings. The van der Waals surface area contributed by atoms with Crippen molar-refractivity contribution in [2.75, 3.05) is 0 Å². The SMILES string of the molecule is [CH2]C(CC)SC(C)(C)C. The molecule has 0 heterocycles. The van der Waals surface area contributed by atoms with E-state index in [4.69, 9.17) is 0 Å². The van der Waals surface area contributed by atoms with Crippen molar-refractivity contribution < 1.29 is 0 Å². The van der Waals surface area contributed by atoms with E-state index in [1.807, 2.05) is 11.8 Å². The van der Waals surface area contributed by atoms with Crippen LogP contribution in [0.2, 0.25) is 0 Å². The Hall–Kier alpha value is 0.350. The van der Waals surface area contributed by atoms with Gasteiger partial charge in [0, 0.05) is 10.00 Å². The van der Waals surface area contributed by atoms with E-state index in [1.54, 1.807) is 0 Å². The molecule has 0 rings (SSSR count). The Morgan fingerprint density at radius 3 is 2.00 bits per heavy atom. The van der Waals surface area contributed by atoms with E-state index >= 15 is 0 Å². The monoisotopic (exact) mass is 145 g/mol. The molecule has 0 N–H and O–H groups in total. The average molecular weight is 145 g/mol. The van der Waals surface area contributed by atoms with Gasteiger partial charge >= 0.3 is 0 Å². The van der Waals surface area contributed by atoms with Gasteiger partial charge < -0.3 is 0 Å². The highest BCUT2D eigenvalue weighted by Crippen LogP contribution is 2.28. The largest absolute Gasteiger partial charge is 0.153 e. The van der Waals surface area contributed by atoms with Gasteiger partial charge in [-0.2, -0.15) is 11.8 Å². The molecule has 0 bridgehead atoms. The smallest absolute Gasteiger partial charge is 0.00778 e. The van der Waals surface area contributed by atoms with Crippen LogP contribution in [-0.4, -0.2) is 10.00 Å². The molecule has 0 spiro atoms. The van der Waals surface area contributed by atoms with Crippen LogP contribution in [0.15, 0.2) is 0 Å². The molecule has 0 aliphatic carbocycles. The summed E-state index contributed by atoms with van der Waals surface area (Å²) in [5.74, 6) is 0. The first-order valence-corrected chi connectivity index (χ1v) is 4.34. The fourth-order valence-electron chi connectivity index (χ4n) is 0.583. The van der Waals surface area contributed by atoms with Gasteiger partial charge in [0.05, 0.1) is 0 Å². The van der Waals surface area contributed by atoms with Crippen molar-refractivity contribution in [3.63, 3.8) is 0 Å². The Morgan fingerprint density at radius 2 is 1.89 bits per heavy atom. The van der Waals surface area contributed by atoms with Crippen LogP contribution in [0.1, 0.15) is 34.1 Å². The molecule has 1 unspecified atom stereocenters. The molecule has 0 nitrogen and oxygen atoms in total. The molecule has 1 heteroatoms. The summed E-state index contributed by atoms with van der Waals surface area (Å²) in [5.41, 5.74) is 0. The fourth-order valence-corrected chi connectivity index (χ4v) is 1.75. The van der Waals surface area contributed by atoms with Crippen LogP contribution >= 0.6 is 11.8 Å². The second-order valence-corrected chi connectivity index (χ2v) is 5.39. The first kappa shape index (κ1) is 9.35. The standard InChI is InChI=1S/C8H17S/c1-6-7(2)9-8(3,4)5/h7H,2,6H2,1,3-5H3. The lowest BCUT2D eigenvalue weighted by atomic mass is 10.3. The van der Waals surface area contributed by atoms with Crippen molar-refractivity contribution in [2.45, 2.75) is 44.1 Å². The third-order valence-electron chi connectivity index (χ3n) is 0.976.